The fourth-order valence-electron chi connectivity index (χ4n) is 3.58. The van der Waals surface area contributed by atoms with E-state index in [1.54, 1.807) is 27.7 Å². The topological polar surface area (TPSA) is 124 Å². The maximum atomic E-state index is 12.6. The van der Waals surface area contributed by atoms with Gasteiger partial charge in [-0.05, 0) is 76.2 Å². The number of benzene rings is 3. The second-order valence-corrected chi connectivity index (χ2v) is 7.92. The number of para-hydroxylation sites is 2. The minimum absolute atomic E-state index is 0.0228. The maximum absolute atomic E-state index is 12.6. The van der Waals surface area contributed by atoms with E-state index < -0.39 is 23.9 Å². The first-order valence-corrected chi connectivity index (χ1v) is 12.7. The lowest BCUT2D eigenvalue weighted by Gasteiger charge is -2.16. The van der Waals surface area contributed by atoms with Gasteiger partial charge in [-0.1, -0.05) is 12.1 Å². The Morgan fingerprint density at radius 3 is 0.925 bits per heavy atom. The van der Waals surface area contributed by atoms with Gasteiger partial charge in [0.25, 0.3) is 0 Å². The lowest BCUT2D eigenvalue weighted by molar-refractivity contribution is 0.0499. The van der Waals surface area contributed by atoms with Gasteiger partial charge >= 0.3 is 23.9 Å². The predicted molar refractivity (Wildman–Crippen MR) is 143 cm³/mol. The molecule has 0 saturated carbocycles. The van der Waals surface area contributed by atoms with Crippen LogP contribution in [0.3, 0.4) is 0 Å². The average molecular weight is 551 g/mol. The number of hydrogen-bond donors (Lipinski definition) is 0. The van der Waals surface area contributed by atoms with Crippen LogP contribution in [-0.4, -0.2) is 50.3 Å². The van der Waals surface area contributed by atoms with Crippen LogP contribution in [0.25, 0.3) is 0 Å². The van der Waals surface area contributed by atoms with E-state index in [1.165, 1.54) is 60.7 Å². The summed E-state index contributed by atoms with van der Waals surface area (Å²) in [6, 6.07) is 15.1. The van der Waals surface area contributed by atoms with Gasteiger partial charge in [-0.25, -0.2) is 19.2 Å². The van der Waals surface area contributed by atoms with Gasteiger partial charge in [-0.3, -0.25) is 0 Å². The first kappa shape index (κ1) is 29.7. The molecule has 0 saturated heterocycles. The third-order valence-electron chi connectivity index (χ3n) is 5.28. The Balaban J connectivity index is 1.96. The minimum atomic E-state index is -0.661. The summed E-state index contributed by atoms with van der Waals surface area (Å²) in [5, 5.41) is 0. The second-order valence-electron chi connectivity index (χ2n) is 7.92. The van der Waals surface area contributed by atoms with Crippen molar-refractivity contribution in [2.24, 2.45) is 0 Å². The van der Waals surface area contributed by atoms with Gasteiger partial charge in [0.2, 0.25) is 0 Å². The van der Waals surface area contributed by atoms with Gasteiger partial charge in [-0.15, -0.1) is 0 Å². The van der Waals surface area contributed by atoms with Crippen LogP contribution in [0.15, 0.2) is 60.7 Å². The average Bonchev–Trinajstić information content (AvgIpc) is 2.94. The zero-order valence-corrected chi connectivity index (χ0v) is 22.7. The van der Waals surface area contributed by atoms with Crippen molar-refractivity contribution >= 4 is 23.9 Å². The summed E-state index contributed by atoms with van der Waals surface area (Å²) in [7, 11) is 0. The molecule has 0 amide bonds. The van der Waals surface area contributed by atoms with Crippen molar-refractivity contribution in [2.45, 2.75) is 27.7 Å². The zero-order valence-electron chi connectivity index (χ0n) is 22.7. The second kappa shape index (κ2) is 14.3. The van der Waals surface area contributed by atoms with Gasteiger partial charge in [-0.2, -0.15) is 0 Å². The maximum Gasteiger partial charge on any atom is 0.341 e. The van der Waals surface area contributed by atoms with E-state index in [2.05, 4.69) is 0 Å². The molecule has 3 aromatic rings. The Bertz CT molecular complexity index is 1180. The van der Waals surface area contributed by atoms with Crippen molar-refractivity contribution in [1.29, 1.82) is 0 Å². The molecule has 0 aliphatic heterocycles. The molecular formula is C30H30O10. The molecule has 0 bridgehead atoms. The SMILES string of the molecule is CCOC(=O)c1cccc(C(=O)OCC)c1Oc1ccc(Oc2c(C(=O)OCC)cccc2C(=O)OCC)cc1. The molecule has 0 fully saturated rings. The van der Waals surface area contributed by atoms with Crippen LogP contribution >= 0.6 is 0 Å². The Morgan fingerprint density at radius 1 is 0.450 bits per heavy atom. The number of carbonyl (C=O) groups is 4. The highest BCUT2D eigenvalue weighted by atomic mass is 16.6. The van der Waals surface area contributed by atoms with Crippen molar-refractivity contribution < 1.29 is 47.6 Å². The molecule has 0 N–H and O–H groups in total. The van der Waals surface area contributed by atoms with E-state index >= 15 is 0 Å². The molecule has 3 rings (SSSR count). The predicted octanol–water partition coefficient (Wildman–Crippen LogP) is 5.98. The highest BCUT2D eigenvalue weighted by Gasteiger charge is 2.25. The van der Waals surface area contributed by atoms with E-state index in [0.717, 1.165) is 0 Å². The van der Waals surface area contributed by atoms with Crippen LogP contribution in [0.2, 0.25) is 0 Å². The fourth-order valence-corrected chi connectivity index (χ4v) is 3.58. The zero-order chi connectivity index (χ0) is 29.1. The van der Waals surface area contributed by atoms with Crippen molar-refractivity contribution in [3.63, 3.8) is 0 Å². The van der Waals surface area contributed by atoms with Gasteiger partial charge < -0.3 is 28.4 Å². The van der Waals surface area contributed by atoms with Gasteiger partial charge in [0.05, 0.1) is 26.4 Å². The van der Waals surface area contributed by atoms with Gasteiger partial charge in [0.1, 0.15) is 33.8 Å². The smallest absolute Gasteiger partial charge is 0.341 e. The first-order chi connectivity index (χ1) is 19.3. The molecule has 10 nitrogen and oxygen atoms in total. The van der Waals surface area contributed by atoms with E-state index in [-0.39, 0.29) is 71.7 Å². The molecule has 0 unspecified atom stereocenters. The Labute approximate surface area is 231 Å². The Hall–Kier alpha value is -4.86. The van der Waals surface area contributed by atoms with Crippen LogP contribution in [0, 0.1) is 0 Å². The van der Waals surface area contributed by atoms with E-state index in [1.807, 2.05) is 0 Å². The van der Waals surface area contributed by atoms with E-state index in [4.69, 9.17) is 28.4 Å². The van der Waals surface area contributed by atoms with Crippen LogP contribution < -0.4 is 9.47 Å². The number of ether oxygens (including phenoxy) is 6. The normalized spacial score (nSPS) is 10.3. The van der Waals surface area contributed by atoms with Gasteiger partial charge in [0.15, 0.2) is 11.5 Å². The van der Waals surface area contributed by atoms with Crippen LogP contribution in [0.5, 0.6) is 23.0 Å². The molecule has 0 aliphatic rings. The number of esters is 4. The standard InChI is InChI=1S/C30H30O10/c1-5-35-27(31)21-11-9-12-22(28(32)36-6-2)25(21)39-19-15-17-20(18-16-19)40-26-23(29(33)37-7-3)13-10-14-24(26)30(34)38-8-4/h9-18H,5-8H2,1-4H3. The number of rotatable bonds is 12. The molecule has 0 radical (unpaired) electrons. The Morgan fingerprint density at radius 2 is 0.700 bits per heavy atom. The summed E-state index contributed by atoms with van der Waals surface area (Å²) in [5.74, 6) is -2.17. The van der Waals surface area contributed by atoms with Crippen LogP contribution in [0.4, 0.5) is 0 Å². The first-order valence-electron chi connectivity index (χ1n) is 12.7. The summed E-state index contributed by atoms with van der Waals surface area (Å²) in [5.41, 5.74) is 0.204. The molecule has 0 aliphatic carbocycles. The van der Waals surface area contributed by atoms with Crippen molar-refractivity contribution in [3.8, 4) is 23.0 Å². The summed E-state index contributed by atoms with van der Waals surface area (Å²) in [4.78, 5) is 50.3. The largest absolute Gasteiger partial charge is 0.462 e. The lowest BCUT2D eigenvalue weighted by Crippen LogP contribution is -2.12. The molecule has 0 heterocycles. The van der Waals surface area contributed by atoms with E-state index in [0.29, 0.717) is 0 Å². The third-order valence-corrected chi connectivity index (χ3v) is 5.28. The number of carbonyl (C=O) groups excluding carboxylic acids is 4. The molecule has 3 aromatic carbocycles. The number of hydrogen-bond acceptors (Lipinski definition) is 10. The molecule has 40 heavy (non-hydrogen) atoms. The molecule has 0 aromatic heterocycles. The Kier molecular flexibility index (Phi) is 10.6. The third kappa shape index (κ3) is 7.16. The fraction of sp³-hybridized carbons (Fsp3) is 0.267. The lowest BCUT2D eigenvalue weighted by atomic mass is 10.1. The summed E-state index contributed by atoms with van der Waals surface area (Å²) < 4.78 is 32.4. The van der Waals surface area contributed by atoms with Crippen molar-refractivity contribution in [3.05, 3.63) is 82.9 Å². The summed E-state index contributed by atoms with van der Waals surface area (Å²) in [6.45, 7) is 7.20. The summed E-state index contributed by atoms with van der Waals surface area (Å²) >= 11 is 0. The highest BCUT2D eigenvalue weighted by molar-refractivity contribution is 6.01. The quantitative estimate of drug-likeness (QED) is 0.196. The van der Waals surface area contributed by atoms with Crippen molar-refractivity contribution in [2.75, 3.05) is 26.4 Å². The van der Waals surface area contributed by atoms with Gasteiger partial charge in [0, 0.05) is 0 Å². The minimum Gasteiger partial charge on any atom is -0.462 e. The summed E-state index contributed by atoms with van der Waals surface area (Å²) in [6.07, 6.45) is 0. The molecule has 10 heteroatoms. The van der Waals surface area contributed by atoms with Crippen LogP contribution in [-0.2, 0) is 18.9 Å². The molecule has 0 atom stereocenters. The molecule has 0 spiro atoms. The van der Waals surface area contributed by atoms with E-state index in [9.17, 15) is 19.2 Å². The molecule has 210 valence electrons. The van der Waals surface area contributed by atoms with Crippen molar-refractivity contribution in [1.82, 2.24) is 0 Å². The van der Waals surface area contributed by atoms with Crippen LogP contribution in [0.1, 0.15) is 69.1 Å². The highest BCUT2D eigenvalue weighted by Crippen LogP contribution is 2.34. The molecular weight excluding hydrogens is 520 g/mol. The monoisotopic (exact) mass is 550 g/mol.